The van der Waals surface area contributed by atoms with E-state index < -0.39 is 98.7 Å². The highest BCUT2D eigenvalue weighted by molar-refractivity contribution is 5.55. The molecule has 18 heteroatoms. The topological polar surface area (TPSA) is 70.5 Å². The first-order valence-electron chi connectivity index (χ1n) is 9.60. The zero-order valence-electron chi connectivity index (χ0n) is 18.1. The lowest BCUT2D eigenvalue weighted by Crippen LogP contribution is -2.15. The van der Waals surface area contributed by atoms with E-state index in [0.29, 0.717) is 0 Å². The van der Waals surface area contributed by atoms with Gasteiger partial charge in [0.1, 0.15) is 17.1 Å². The Labute approximate surface area is 206 Å². The predicted octanol–water partition coefficient (Wildman–Crippen LogP) is 8.19. The lowest BCUT2D eigenvalue weighted by molar-refractivity contribution is -0.142. The fraction of sp³-hybridized carbons (Fsp3) is 0.143. The third-order valence-corrected chi connectivity index (χ3v) is 4.72. The van der Waals surface area contributed by atoms with Gasteiger partial charge in [0.25, 0.3) is 0 Å². The van der Waals surface area contributed by atoms with Gasteiger partial charge in [-0.3, -0.25) is 0 Å². The van der Waals surface area contributed by atoms with Crippen molar-refractivity contribution in [3.63, 3.8) is 0 Å². The van der Waals surface area contributed by atoms with Crippen molar-refractivity contribution < 1.29 is 70.9 Å². The van der Waals surface area contributed by atoms with E-state index in [9.17, 15) is 57.1 Å². The Kier molecular flexibility index (Phi) is 7.22. The number of nitrogens with two attached hydrogens (primary N) is 2. The molecule has 0 aliphatic carbocycles. The van der Waals surface area contributed by atoms with Crippen molar-refractivity contribution in [1.82, 2.24) is 0 Å². The van der Waals surface area contributed by atoms with Crippen LogP contribution < -0.4 is 20.9 Å². The van der Waals surface area contributed by atoms with Gasteiger partial charge in [0.2, 0.25) is 17.4 Å². The molecular formula is C21H8F14N2O2. The maximum absolute atomic E-state index is 15.1. The normalized spacial score (nSPS) is 12.6. The number of hydrogen-bond donors (Lipinski definition) is 2. The van der Waals surface area contributed by atoms with Crippen LogP contribution in [0.4, 0.5) is 72.8 Å². The van der Waals surface area contributed by atoms with Gasteiger partial charge in [-0.25, -0.2) is 13.2 Å². The summed E-state index contributed by atoms with van der Waals surface area (Å²) in [6.07, 6.45) is -17.0. The number of hydrogen-bond acceptors (Lipinski definition) is 4. The predicted molar refractivity (Wildman–Crippen MR) is 103 cm³/mol. The average Bonchev–Trinajstić information content (AvgIpc) is 2.77. The van der Waals surface area contributed by atoms with Gasteiger partial charge in [0.15, 0.2) is 23.2 Å². The number of rotatable bonds is 4. The van der Waals surface area contributed by atoms with E-state index in [1.807, 2.05) is 0 Å². The highest BCUT2D eigenvalue weighted by Crippen LogP contribution is 2.48. The molecular weight excluding hydrogens is 578 g/mol. The van der Waals surface area contributed by atoms with E-state index >= 15 is 4.39 Å². The summed E-state index contributed by atoms with van der Waals surface area (Å²) in [7, 11) is 0. The SMILES string of the molecule is Nc1cc(Oc2c(F)c(F)c(C(F)(F)F)c(Oc3cc(N)c(F)c(C(F)(F)F)c3)c2F)cc(C(F)(F)F)c1F. The number of benzene rings is 3. The fourth-order valence-corrected chi connectivity index (χ4v) is 3.06. The molecule has 212 valence electrons. The summed E-state index contributed by atoms with van der Waals surface area (Å²) in [5, 5.41) is 0. The molecule has 39 heavy (non-hydrogen) atoms. The van der Waals surface area contributed by atoms with Crippen molar-refractivity contribution >= 4 is 11.4 Å². The summed E-state index contributed by atoms with van der Waals surface area (Å²) in [6.45, 7) is 0. The minimum atomic E-state index is -6.00. The lowest BCUT2D eigenvalue weighted by Gasteiger charge is -2.20. The molecule has 4 nitrogen and oxygen atoms in total. The van der Waals surface area contributed by atoms with E-state index in [4.69, 9.17) is 11.5 Å². The minimum absolute atomic E-state index is 0.141. The number of ether oxygens (including phenoxy) is 2. The largest absolute Gasteiger partial charge is 0.453 e. The third-order valence-electron chi connectivity index (χ3n) is 4.72. The van der Waals surface area contributed by atoms with Crippen LogP contribution >= 0.6 is 0 Å². The molecule has 0 unspecified atom stereocenters. The highest BCUT2D eigenvalue weighted by Gasteiger charge is 2.44. The molecule has 0 aliphatic rings. The summed E-state index contributed by atoms with van der Waals surface area (Å²) in [5.74, 6) is -19.9. The van der Waals surface area contributed by atoms with Crippen LogP contribution in [0.25, 0.3) is 0 Å². The van der Waals surface area contributed by atoms with Gasteiger partial charge in [0, 0.05) is 12.1 Å². The molecule has 3 aromatic carbocycles. The molecule has 0 fully saturated rings. The molecule has 0 radical (unpaired) electrons. The monoisotopic (exact) mass is 586 g/mol. The average molecular weight is 586 g/mol. The molecule has 0 bridgehead atoms. The fourth-order valence-electron chi connectivity index (χ4n) is 3.06. The van der Waals surface area contributed by atoms with Crippen LogP contribution in [0.5, 0.6) is 23.0 Å². The van der Waals surface area contributed by atoms with Crippen molar-refractivity contribution in [3.8, 4) is 23.0 Å². The van der Waals surface area contributed by atoms with Crippen LogP contribution in [0.15, 0.2) is 24.3 Å². The first-order valence-corrected chi connectivity index (χ1v) is 9.60. The Morgan fingerprint density at radius 2 is 0.846 bits per heavy atom. The first kappa shape index (κ1) is 29.4. The Morgan fingerprint density at radius 1 is 0.462 bits per heavy atom. The lowest BCUT2D eigenvalue weighted by atomic mass is 10.1. The molecule has 0 spiro atoms. The minimum Gasteiger partial charge on any atom is -0.453 e. The summed E-state index contributed by atoms with van der Waals surface area (Å²) in [6, 6.07) is -0.168. The molecule has 0 aromatic heterocycles. The van der Waals surface area contributed by atoms with Gasteiger partial charge in [0.05, 0.1) is 22.5 Å². The molecule has 0 aliphatic heterocycles. The quantitative estimate of drug-likeness (QED) is 0.184. The Bertz CT molecular complexity index is 1450. The van der Waals surface area contributed by atoms with Crippen molar-refractivity contribution in [2.75, 3.05) is 11.5 Å². The number of anilines is 2. The summed E-state index contributed by atoms with van der Waals surface area (Å²) in [4.78, 5) is 0. The van der Waals surface area contributed by atoms with Crippen molar-refractivity contribution in [2.24, 2.45) is 0 Å². The first-order chi connectivity index (χ1) is 17.6. The molecule has 0 amide bonds. The number of alkyl halides is 9. The second-order valence-corrected chi connectivity index (χ2v) is 7.42. The third kappa shape index (κ3) is 5.68. The summed E-state index contributed by atoms with van der Waals surface area (Å²) >= 11 is 0. The van der Waals surface area contributed by atoms with Crippen molar-refractivity contribution in [3.05, 3.63) is 70.0 Å². The molecule has 0 atom stereocenters. The van der Waals surface area contributed by atoms with Crippen molar-refractivity contribution in [2.45, 2.75) is 18.5 Å². The number of nitrogen functional groups attached to an aromatic ring is 2. The van der Waals surface area contributed by atoms with Crippen LogP contribution in [0.1, 0.15) is 16.7 Å². The van der Waals surface area contributed by atoms with Gasteiger partial charge >= 0.3 is 18.5 Å². The van der Waals surface area contributed by atoms with E-state index in [1.165, 1.54) is 0 Å². The van der Waals surface area contributed by atoms with Gasteiger partial charge < -0.3 is 20.9 Å². The summed E-state index contributed by atoms with van der Waals surface area (Å²) in [5.41, 5.74) is 0.177. The molecule has 3 rings (SSSR count). The Morgan fingerprint density at radius 3 is 1.21 bits per heavy atom. The molecule has 3 aromatic rings. The van der Waals surface area contributed by atoms with E-state index in [1.54, 1.807) is 0 Å². The molecule has 0 saturated carbocycles. The van der Waals surface area contributed by atoms with Crippen LogP contribution in [0.2, 0.25) is 0 Å². The molecule has 0 heterocycles. The van der Waals surface area contributed by atoms with Crippen LogP contribution in [0.3, 0.4) is 0 Å². The summed E-state index contributed by atoms with van der Waals surface area (Å²) < 4.78 is 199. The van der Waals surface area contributed by atoms with Crippen LogP contribution in [-0.2, 0) is 18.5 Å². The number of halogens is 14. The standard InChI is InChI=1S/C21H8F14N2O2/c22-12-7(19(27,28)29)1-5(3-9(12)36)38-17-11(21(33,34)35)14(24)15(25)18(16(17)26)39-6-2-8(20(30,31)32)13(23)10(37)4-6/h1-4H,36-37H2. The smallest absolute Gasteiger partial charge is 0.423 e. The van der Waals surface area contributed by atoms with Crippen molar-refractivity contribution in [1.29, 1.82) is 0 Å². The van der Waals surface area contributed by atoms with Gasteiger partial charge in [-0.15, -0.1) is 0 Å². The van der Waals surface area contributed by atoms with Gasteiger partial charge in [-0.1, -0.05) is 0 Å². The maximum atomic E-state index is 15.1. The highest BCUT2D eigenvalue weighted by atomic mass is 19.4. The zero-order valence-corrected chi connectivity index (χ0v) is 18.1. The van der Waals surface area contributed by atoms with Crippen LogP contribution in [0, 0.1) is 29.1 Å². The second kappa shape index (κ2) is 9.57. The van der Waals surface area contributed by atoms with Gasteiger partial charge in [-0.2, -0.15) is 48.3 Å². The van der Waals surface area contributed by atoms with E-state index in [-0.39, 0.29) is 24.3 Å². The van der Waals surface area contributed by atoms with Crippen LogP contribution in [-0.4, -0.2) is 0 Å². The van der Waals surface area contributed by atoms with Gasteiger partial charge in [-0.05, 0) is 12.1 Å². The zero-order chi connectivity index (χ0) is 29.8. The van der Waals surface area contributed by atoms with E-state index in [2.05, 4.69) is 9.47 Å². The molecule has 0 saturated heterocycles. The second-order valence-electron chi connectivity index (χ2n) is 7.42. The maximum Gasteiger partial charge on any atom is 0.423 e. The molecule has 4 N–H and O–H groups in total. The van der Waals surface area contributed by atoms with E-state index in [0.717, 1.165) is 0 Å². The Hall–Kier alpha value is -4.12. The Balaban J connectivity index is 2.26.